The van der Waals surface area contributed by atoms with Crippen LogP contribution in [0.2, 0.25) is 0 Å². The van der Waals surface area contributed by atoms with Gasteiger partial charge >= 0.3 is 12.1 Å². The molecule has 13 atom stereocenters. The zero-order valence-electron chi connectivity index (χ0n) is 40.8. The number of primary amides is 1. The Labute approximate surface area is 397 Å². The molecule has 1 aliphatic rings. The summed E-state index contributed by atoms with van der Waals surface area (Å²) in [4.78, 5) is 65.7. The van der Waals surface area contributed by atoms with Gasteiger partial charge in [-0.15, -0.1) is 0 Å². The normalized spacial score (nSPS) is 26.0. The fourth-order valence-corrected chi connectivity index (χ4v) is 8.78. The molecule has 4 rings (SSSR count). The average Bonchev–Trinajstić information content (AvgIpc) is 4.11. The number of ether oxygens (including phenoxy) is 6. The van der Waals surface area contributed by atoms with Gasteiger partial charge in [0.05, 0.1) is 37.4 Å². The topological polar surface area (TPSA) is 271 Å². The number of nitrogens with two attached hydrogens (primary N) is 1. The van der Waals surface area contributed by atoms with Gasteiger partial charge in [-0.05, 0) is 43.6 Å². The van der Waals surface area contributed by atoms with Crippen molar-refractivity contribution in [1.29, 1.82) is 0 Å². The van der Waals surface area contributed by atoms with E-state index in [0.717, 1.165) is 0 Å². The first kappa shape index (κ1) is 55.3. The van der Waals surface area contributed by atoms with Crippen molar-refractivity contribution in [3.05, 3.63) is 48.7 Å². The molecule has 4 N–H and O–H groups in total. The highest BCUT2D eigenvalue weighted by atomic mass is 16.6. The number of nitrogens with zero attached hydrogens (tertiary/aromatic N) is 4. The summed E-state index contributed by atoms with van der Waals surface area (Å²) in [6, 6.07) is 0. The van der Waals surface area contributed by atoms with E-state index in [4.69, 9.17) is 47.4 Å². The molecule has 3 aromatic heterocycles. The maximum Gasteiger partial charge on any atom is 0.404 e. The number of rotatable bonds is 18. The van der Waals surface area contributed by atoms with Gasteiger partial charge in [-0.25, -0.2) is 19.7 Å². The standard InChI is InChI=1S/C48H71N5O15/c1-27-18-32(67-48(49)59)20-43(58)68-41(21-40(61-8)28(2)14-15-37(56)30(4)44(62-9)29(3)16-17-53(6)26-55)31(5)39(60-7)12-11-13-42-50-35(24-64-42)46-52-36(25-66-46)47-51-34(23-65-47)45(63-10)33(22-54)38(57)19-27/h11,13,16-17,23-33,38-41,44-45,54,57H,12,14-15,18-22H2,1-10H3,(H2,49,59)/b13-11-,17-16+. The number of ketones is 1. The van der Waals surface area contributed by atoms with Gasteiger partial charge in [0.2, 0.25) is 24.1 Å². The smallest absolute Gasteiger partial charge is 0.404 e. The molecule has 4 heterocycles. The zero-order chi connectivity index (χ0) is 50.1. The maximum atomic E-state index is 14.0. The monoisotopic (exact) mass is 957 g/mol. The van der Waals surface area contributed by atoms with E-state index in [1.807, 2.05) is 46.8 Å². The molecule has 378 valence electrons. The Bertz CT molecular complexity index is 2080. The summed E-state index contributed by atoms with van der Waals surface area (Å²) in [7, 11) is 7.73. The van der Waals surface area contributed by atoms with Crippen LogP contribution < -0.4 is 5.73 Å². The minimum absolute atomic E-state index is 0.00771. The first-order chi connectivity index (χ1) is 32.5. The van der Waals surface area contributed by atoms with Crippen molar-refractivity contribution >= 4 is 30.3 Å². The van der Waals surface area contributed by atoms with Crippen LogP contribution in [0.5, 0.6) is 0 Å². The van der Waals surface area contributed by atoms with E-state index in [1.165, 1.54) is 30.8 Å². The third-order valence-electron chi connectivity index (χ3n) is 12.8. The molecule has 0 fully saturated rings. The first-order valence-corrected chi connectivity index (χ1v) is 22.9. The number of fused-ring (bicyclic) bond motifs is 8. The molecule has 3 aromatic rings. The van der Waals surface area contributed by atoms with Crippen molar-refractivity contribution in [3.63, 3.8) is 0 Å². The van der Waals surface area contributed by atoms with Crippen LogP contribution in [0.25, 0.3) is 29.2 Å². The zero-order valence-corrected chi connectivity index (χ0v) is 40.8. The van der Waals surface area contributed by atoms with E-state index >= 15 is 0 Å². The predicted molar refractivity (Wildman–Crippen MR) is 246 cm³/mol. The highest BCUT2D eigenvalue weighted by molar-refractivity contribution is 5.81. The molecule has 2 amide bonds. The fraction of sp³-hybridized carbons (Fsp3) is 0.646. The Morgan fingerprint density at radius 3 is 2.31 bits per heavy atom. The molecule has 0 aliphatic carbocycles. The number of hydrogen-bond donors (Lipinski definition) is 3. The lowest BCUT2D eigenvalue weighted by Gasteiger charge is -2.34. The SMILES string of the molecule is COC(CC1OC(=O)CC(OC(N)=O)CC(C)CC(O)C(CO)C(OC)c2coc(n2)-c2coc(n2)-c2coc(n2)/C=C\CC(OC)C1C)C(C)CCC(=O)C(C)C(OC)C(C)/C=C/N(C)C=O. The van der Waals surface area contributed by atoms with E-state index in [2.05, 4.69) is 15.0 Å². The van der Waals surface area contributed by atoms with Crippen LogP contribution in [-0.2, 0) is 42.8 Å². The minimum atomic E-state index is -1.14. The van der Waals surface area contributed by atoms with E-state index in [1.54, 1.807) is 40.7 Å². The Balaban J connectivity index is 1.62. The quantitative estimate of drug-likeness (QED) is 0.0949. The number of cyclic esters (lactones) is 1. The summed E-state index contributed by atoms with van der Waals surface area (Å²) in [5, 5.41) is 22.0. The number of carbonyl (C=O) groups is 4. The van der Waals surface area contributed by atoms with Crippen molar-refractivity contribution in [3.8, 4) is 23.2 Å². The molecule has 1 aliphatic heterocycles. The second-order valence-electron chi connectivity index (χ2n) is 17.8. The van der Waals surface area contributed by atoms with Crippen LogP contribution in [0.3, 0.4) is 0 Å². The first-order valence-electron chi connectivity index (χ1n) is 22.9. The van der Waals surface area contributed by atoms with E-state index in [9.17, 15) is 29.4 Å². The van der Waals surface area contributed by atoms with E-state index in [-0.39, 0.29) is 84.7 Å². The number of aromatic nitrogens is 3. The van der Waals surface area contributed by atoms with Crippen molar-refractivity contribution in [2.24, 2.45) is 41.2 Å². The molecular weight excluding hydrogens is 887 g/mol. The third-order valence-corrected chi connectivity index (χ3v) is 12.8. The van der Waals surface area contributed by atoms with Gasteiger partial charge < -0.3 is 62.5 Å². The summed E-state index contributed by atoms with van der Waals surface area (Å²) < 4.78 is 52.2. The van der Waals surface area contributed by atoms with Crippen molar-refractivity contribution in [2.75, 3.05) is 42.1 Å². The highest BCUT2D eigenvalue weighted by Gasteiger charge is 2.37. The van der Waals surface area contributed by atoms with Crippen LogP contribution in [0, 0.1) is 35.5 Å². The summed E-state index contributed by atoms with van der Waals surface area (Å²) >= 11 is 0. The largest absolute Gasteiger partial charge is 0.462 e. The highest BCUT2D eigenvalue weighted by Crippen LogP contribution is 2.34. The molecule has 0 aromatic carbocycles. The maximum absolute atomic E-state index is 14.0. The number of Topliss-reactive ketones (excluding diaryl/α,β-unsaturated/α-hetero) is 1. The predicted octanol–water partition coefficient (Wildman–Crippen LogP) is 6.17. The van der Waals surface area contributed by atoms with Gasteiger partial charge in [-0.1, -0.05) is 46.8 Å². The molecule has 0 spiro atoms. The summed E-state index contributed by atoms with van der Waals surface area (Å²) in [6.07, 6.45) is 6.55. The number of oxazole rings is 3. The lowest BCUT2D eigenvalue weighted by molar-refractivity contribution is -0.160. The van der Waals surface area contributed by atoms with Crippen molar-refractivity contribution in [1.82, 2.24) is 19.9 Å². The number of methoxy groups -OCH3 is 4. The Morgan fingerprint density at radius 1 is 0.971 bits per heavy atom. The number of carbonyl (C=O) groups excluding carboxylic acids is 4. The number of hydrogen-bond acceptors (Lipinski definition) is 18. The molecule has 0 saturated carbocycles. The number of esters is 1. The Hall–Kier alpha value is -5.25. The molecule has 68 heavy (non-hydrogen) atoms. The van der Waals surface area contributed by atoms with E-state index in [0.29, 0.717) is 24.9 Å². The minimum Gasteiger partial charge on any atom is -0.462 e. The molecule has 0 saturated heterocycles. The molecule has 20 nitrogen and oxygen atoms in total. The number of aliphatic hydroxyl groups excluding tert-OH is 2. The lowest BCUT2D eigenvalue weighted by Crippen LogP contribution is -2.39. The van der Waals surface area contributed by atoms with Gasteiger partial charge in [-0.3, -0.25) is 14.4 Å². The summed E-state index contributed by atoms with van der Waals surface area (Å²) in [5.74, 6) is -2.59. The van der Waals surface area contributed by atoms with Gasteiger partial charge in [0.1, 0.15) is 48.6 Å². The lowest BCUT2D eigenvalue weighted by atomic mass is 9.84. The van der Waals surface area contributed by atoms with Gasteiger partial charge in [-0.2, -0.15) is 0 Å². The molecule has 0 radical (unpaired) electrons. The average molecular weight is 958 g/mol. The molecule has 6 bridgehead atoms. The second kappa shape index (κ2) is 27.1. The van der Waals surface area contributed by atoms with Crippen LogP contribution in [0.15, 0.2) is 50.4 Å². The number of aliphatic hydroxyl groups is 2. The van der Waals surface area contributed by atoms with Crippen molar-refractivity contribution in [2.45, 2.75) is 122 Å². The summed E-state index contributed by atoms with van der Waals surface area (Å²) in [6.45, 7) is 8.96. The second-order valence-corrected chi connectivity index (χ2v) is 17.8. The van der Waals surface area contributed by atoms with Crippen molar-refractivity contribution < 1.29 is 71.1 Å². The van der Waals surface area contributed by atoms with Gasteiger partial charge in [0, 0.05) is 78.2 Å². The van der Waals surface area contributed by atoms with Gasteiger partial charge in [0.25, 0.3) is 0 Å². The fourth-order valence-electron chi connectivity index (χ4n) is 8.78. The Kier molecular flexibility index (Phi) is 22.0. The molecule has 13 unspecified atom stereocenters. The van der Waals surface area contributed by atoms with E-state index < -0.39 is 79.2 Å². The van der Waals surface area contributed by atoms with Crippen LogP contribution in [0.4, 0.5) is 4.79 Å². The van der Waals surface area contributed by atoms with Crippen LogP contribution >= 0.6 is 0 Å². The molecule has 20 heteroatoms. The Morgan fingerprint density at radius 2 is 1.66 bits per heavy atom. The number of amides is 2. The molecular formula is C48H71N5O15. The van der Waals surface area contributed by atoms with Crippen LogP contribution in [-0.4, -0.2) is 133 Å². The third kappa shape index (κ3) is 15.6. The summed E-state index contributed by atoms with van der Waals surface area (Å²) in [5.41, 5.74) is 6.34. The van der Waals surface area contributed by atoms with Crippen LogP contribution in [0.1, 0.15) is 97.3 Å². The van der Waals surface area contributed by atoms with Gasteiger partial charge in [0.15, 0.2) is 11.4 Å².